The average molecular weight is 408 g/mol. The fourth-order valence-corrected chi connectivity index (χ4v) is 3.43. The van der Waals surface area contributed by atoms with E-state index in [0.717, 1.165) is 22.6 Å². The molecule has 2 aromatic rings. The molecule has 0 unspecified atom stereocenters. The minimum Gasteiger partial charge on any atom is -0.316 e. The first-order valence-corrected chi connectivity index (χ1v) is 8.87. The van der Waals surface area contributed by atoms with E-state index >= 15 is 0 Å². The van der Waals surface area contributed by atoms with Crippen molar-refractivity contribution in [3.8, 4) is 5.69 Å². The summed E-state index contributed by atoms with van der Waals surface area (Å²) in [6.07, 6.45) is 1.56. The van der Waals surface area contributed by atoms with Gasteiger partial charge >= 0.3 is 0 Å². The van der Waals surface area contributed by atoms with Gasteiger partial charge in [-0.3, -0.25) is 19.8 Å². The fraction of sp³-hybridized carbons (Fsp3) is 0.167. The van der Waals surface area contributed by atoms with Gasteiger partial charge in [-0.1, -0.05) is 29.3 Å². The lowest BCUT2D eigenvalue weighted by molar-refractivity contribution is -0.128. The number of hydrogen-bond donors (Lipinski definition) is 1. The molecule has 26 heavy (non-hydrogen) atoms. The van der Waals surface area contributed by atoms with Gasteiger partial charge in [0, 0.05) is 18.4 Å². The van der Waals surface area contributed by atoms with Gasteiger partial charge in [-0.25, -0.2) is 0 Å². The van der Waals surface area contributed by atoms with Crippen LogP contribution < -0.4 is 5.32 Å². The number of amides is 2. The van der Waals surface area contributed by atoms with E-state index in [1.54, 1.807) is 12.1 Å². The zero-order valence-electron chi connectivity index (χ0n) is 14.3. The summed E-state index contributed by atoms with van der Waals surface area (Å²) in [4.78, 5) is 25.8. The standard InChI is InChI=1S/C18H15Cl2N3O2S/c1-9-7-11(8-12-16(24)21-18(26)22(3)17(12)25)10(2)23(9)14-6-4-5-13(19)15(14)20/h4-8H,1-3H3,(H,21,24,26)/b12-8-. The predicted molar refractivity (Wildman–Crippen MR) is 107 cm³/mol. The van der Waals surface area contributed by atoms with Gasteiger partial charge in [0.2, 0.25) is 0 Å². The smallest absolute Gasteiger partial charge is 0.265 e. The van der Waals surface area contributed by atoms with Gasteiger partial charge in [-0.2, -0.15) is 0 Å². The van der Waals surface area contributed by atoms with Gasteiger partial charge < -0.3 is 4.57 Å². The van der Waals surface area contributed by atoms with Crippen molar-refractivity contribution in [2.75, 3.05) is 7.05 Å². The van der Waals surface area contributed by atoms with Crippen molar-refractivity contribution in [3.63, 3.8) is 0 Å². The molecule has 0 aliphatic carbocycles. The van der Waals surface area contributed by atoms with E-state index in [-0.39, 0.29) is 10.7 Å². The Morgan fingerprint density at radius 3 is 2.58 bits per heavy atom. The van der Waals surface area contributed by atoms with Crippen LogP contribution in [-0.4, -0.2) is 33.4 Å². The van der Waals surface area contributed by atoms with Gasteiger partial charge in [0.1, 0.15) is 5.57 Å². The Morgan fingerprint density at radius 2 is 1.88 bits per heavy atom. The molecule has 0 saturated carbocycles. The van der Waals surface area contributed by atoms with Gasteiger partial charge in [-0.15, -0.1) is 0 Å². The number of carbonyl (C=O) groups is 2. The first-order chi connectivity index (χ1) is 12.2. The second-order valence-electron chi connectivity index (χ2n) is 5.92. The number of aryl methyl sites for hydroxylation is 1. The molecular weight excluding hydrogens is 393 g/mol. The summed E-state index contributed by atoms with van der Waals surface area (Å²) in [5.41, 5.74) is 3.22. The monoisotopic (exact) mass is 407 g/mol. The van der Waals surface area contributed by atoms with Gasteiger partial charge in [-0.05, 0) is 55.9 Å². The number of nitrogens with zero attached hydrogens (tertiary/aromatic N) is 2. The highest BCUT2D eigenvalue weighted by Crippen LogP contribution is 2.32. The van der Waals surface area contributed by atoms with E-state index in [9.17, 15) is 9.59 Å². The van der Waals surface area contributed by atoms with E-state index < -0.39 is 11.8 Å². The predicted octanol–water partition coefficient (Wildman–Crippen LogP) is 3.66. The summed E-state index contributed by atoms with van der Waals surface area (Å²) in [6.45, 7) is 3.80. The molecule has 5 nitrogen and oxygen atoms in total. The molecule has 3 rings (SSSR count). The lowest BCUT2D eigenvalue weighted by Gasteiger charge is -2.25. The van der Waals surface area contributed by atoms with E-state index in [1.165, 1.54) is 11.9 Å². The number of benzene rings is 1. The van der Waals surface area contributed by atoms with Crippen LogP contribution in [0.2, 0.25) is 10.0 Å². The molecule has 0 atom stereocenters. The summed E-state index contributed by atoms with van der Waals surface area (Å²) >= 11 is 17.4. The van der Waals surface area contributed by atoms with Gasteiger partial charge in [0.25, 0.3) is 11.8 Å². The van der Waals surface area contributed by atoms with Gasteiger partial charge in [0.05, 0.1) is 15.7 Å². The molecule has 1 saturated heterocycles. The molecule has 0 radical (unpaired) electrons. The number of thiocarbonyl (C=S) groups is 1. The van der Waals surface area contributed by atoms with Crippen LogP contribution in [0.5, 0.6) is 0 Å². The van der Waals surface area contributed by atoms with Crippen molar-refractivity contribution in [1.82, 2.24) is 14.8 Å². The minimum atomic E-state index is -0.510. The number of halogens is 2. The van der Waals surface area contributed by atoms with Crippen molar-refractivity contribution >= 4 is 58.4 Å². The second-order valence-corrected chi connectivity index (χ2v) is 7.09. The van der Waals surface area contributed by atoms with Crippen LogP contribution in [0, 0.1) is 13.8 Å². The molecule has 1 N–H and O–H groups in total. The first-order valence-electron chi connectivity index (χ1n) is 7.70. The number of nitrogens with one attached hydrogen (secondary N) is 1. The number of hydrogen-bond acceptors (Lipinski definition) is 3. The molecule has 134 valence electrons. The lowest BCUT2D eigenvalue weighted by Crippen LogP contribution is -2.52. The van der Waals surface area contributed by atoms with Crippen molar-refractivity contribution in [2.45, 2.75) is 13.8 Å². The largest absolute Gasteiger partial charge is 0.316 e. The first kappa shape index (κ1) is 18.6. The van der Waals surface area contributed by atoms with Gasteiger partial charge in [0.15, 0.2) is 5.11 Å². The summed E-state index contributed by atoms with van der Waals surface area (Å²) in [6, 6.07) is 7.27. The Labute approximate surface area is 166 Å². The Hall–Kier alpha value is -2.15. The summed E-state index contributed by atoms with van der Waals surface area (Å²) in [5.74, 6) is -0.951. The third kappa shape index (κ3) is 3.05. The number of carbonyl (C=O) groups excluding carboxylic acids is 2. The number of aromatic nitrogens is 1. The summed E-state index contributed by atoms with van der Waals surface area (Å²) < 4.78 is 1.93. The Kier molecular flexibility index (Phi) is 4.92. The maximum Gasteiger partial charge on any atom is 0.265 e. The lowest BCUT2D eigenvalue weighted by atomic mass is 10.1. The Balaban J connectivity index is 2.12. The molecule has 2 heterocycles. The number of rotatable bonds is 2. The fourth-order valence-electron chi connectivity index (χ4n) is 2.87. The molecule has 1 aliphatic rings. The number of likely N-dealkylation sites (N-methyl/N-ethyl adjacent to an activating group) is 1. The molecule has 1 aliphatic heterocycles. The second kappa shape index (κ2) is 6.87. The van der Waals surface area contributed by atoms with Crippen LogP contribution in [0.25, 0.3) is 11.8 Å². The van der Waals surface area contributed by atoms with Crippen LogP contribution in [0.15, 0.2) is 29.8 Å². The van der Waals surface area contributed by atoms with E-state index in [4.69, 9.17) is 35.4 Å². The van der Waals surface area contributed by atoms with Crippen molar-refractivity contribution < 1.29 is 9.59 Å². The quantitative estimate of drug-likeness (QED) is 0.469. The highest BCUT2D eigenvalue weighted by atomic mass is 35.5. The zero-order valence-corrected chi connectivity index (χ0v) is 16.6. The molecule has 0 spiro atoms. The molecule has 0 bridgehead atoms. The van der Waals surface area contributed by atoms with E-state index in [2.05, 4.69) is 5.32 Å². The molecule has 1 aromatic carbocycles. The molecule has 2 amide bonds. The van der Waals surface area contributed by atoms with Crippen LogP contribution in [0.1, 0.15) is 17.0 Å². The topological polar surface area (TPSA) is 54.3 Å². The van der Waals surface area contributed by atoms with Crippen LogP contribution in [0.3, 0.4) is 0 Å². The van der Waals surface area contributed by atoms with Crippen molar-refractivity contribution in [1.29, 1.82) is 0 Å². The highest BCUT2D eigenvalue weighted by Gasteiger charge is 2.31. The summed E-state index contributed by atoms with van der Waals surface area (Å²) in [7, 11) is 1.52. The highest BCUT2D eigenvalue weighted by molar-refractivity contribution is 7.80. The maximum absolute atomic E-state index is 12.4. The maximum atomic E-state index is 12.4. The van der Waals surface area contributed by atoms with Crippen LogP contribution in [-0.2, 0) is 9.59 Å². The third-order valence-corrected chi connectivity index (χ3v) is 5.43. The normalized spacial score (nSPS) is 16.4. The average Bonchev–Trinajstić information content (AvgIpc) is 2.86. The van der Waals surface area contributed by atoms with E-state index in [0.29, 0.717) is 10.0 Å². The Morgan fingerprint density at radius 1 is 1.19 bits per heavy atom. The van der Waals surface area contributed by atoms with Crippen molar-refractivity contribution in [2.24, 2.45) is 0 Å². The molecule has 8 heteroatoms. The van der Waals surface area contributed by atoms with Crippen LogP contribution >= 0.6 is 35.4 Å². The molecule has 1 fully saturated rings. The van der Waals surface area contributed by atoms with E-state index in [1.807, 2.05) is 36.6 Å². The van der Waals surface area contributed by atoms with Crippen molar-refractivity contribution in [3.05, 3.63) is 56.8 Å². The summed E-state index contributed by atoms with van der Waals surface area (Å²) in [5, 5.41) is 3.48. The molecule has 1 aromatic heterocycles. The Bertz CT molecular complexity index is 995. The third-order valence-electron chi connectivity index (χ3n) is 4.25. The minimum absolute atomic E-state index is 0.0264. The SMILES string of the molecule is Cc1cc(/C=C2/C(=O)NC(=S)N(C)C2=O)c(C)n1-c1cccc(Cl)c1Cl. The molecular formula is C18H15Cl2N3O2S. The van der Waals surface area contributed by atoms with Crippen LogP contribution in [0.4, 0.5) is 0 Å². The zero-order chi connectivity index (χ0) is 19.2.